The Morgan fingerprint density at radius 3 is 3.04 bits per heavy atom. The summed E-state index contributed by atoms with van der Waals surface area (Å²) in [5, 5.41) is 7.79. The Labute approximate surface area is 158 Å². The van der Waals surface area contributed by atoms with Gasteiger partial charge in [0.2, 0.25) is 5.91 Å². The number of pyridine rings is 1. The van der Waals surface area contributed by atoms with E-state index in [4.69, 9.17) is 5.73 Å². The van der Waals surface area contributed by atoms with E-state index in [0.29, 0.717) is 5.69 Å². The molecule has 8 nitrogen and oxygen atoms in total. The molecule has 0 spiro atoms. The molecule has 9 heteroatoms. The number of nitrogens with zero attached hydrogens (tertiary/aromatic N) is 3. The summed E-state index contributed by atoms with van der Waals surface area (Å²) in [5.74, 6) is -0.726. The second-order valence-corrected chi connectivity index (χ2v) is 8.23. The van der Waals surface area contributed by atoms with E-state index in [2.05, 4.69) is 39.8 Å². The number of nitrogens with two attached hydrogens (primary N) is 1. The zero-order valence-electron chi connectivity index (χ0n) is 15.8. The van der Waals surface area contributed by atoms with E-state index in [1.54, 1.807) is 17.4 Å². The number of nitrogens with one attached hydrogen (secondary N) is 3. The first-order chi connectivity index (χ1) is 12.9. The van der Waals surface area contributed by atoms with E-state index in [1.807, 2.05) is 6.07 Å². The van der Waals surface area contributed by atoms with E-state index in [9.17, 15) is 9.18 Å². The van der Waals surface area contributed by atoms with Crippen LogP contribution in [0.25, 0.3) is 0 Å². The van der Waals surface area contributed by atoms with Gasteiger partial charge < -0.3 is 16.0 Å². The summed E-state index contributed by atoms with van der Waals surface area (Å²) >= 11 is 0. The van der Waals surface area contributed by atoms with Crippen LogP contribution in [-0.2, 0) is 4.79 Å². The first kappa shape index (κ1) is 18.5. The average molecular weight is 377 g/mol. The van der Waals surface area contributed by atoms with Gasteiger partial charge in [0.25, 0.3) is 0 Å². The van der Waals surface area contributed by atoms with Crippen LogP contribution in [0.3, 0.4) is 0 Å². The molecule has 3 fully saturated rings. The van der Waals surface area contributed by atoms with Gasteiger partial charge in [-0.05, 0) is 32.8 Å². The standard InChI is InChI=1S/C18H28FN7O/c1-18(2)5-3-7-25(18)13-4-6-21-9-12(13)23-17(27)14-15(20)24-26-10-11(19)8-22-16(14)26/h4,6,9,11,14-16,22,24H,3,5,7-8,10,20H2,1-2H3,(H,23,27). The number of carbonyl (C=O) groups is 1. The van der Waals surface area contributed by atoms with Crippen LogP contribution >= 0.6 is 0 Å². The van der Waals surface area contributed by atoms with Crippen LogP contribution in [0.5, 0.6) is 0 Å². The molecule has 0 radical (unpaired) electrons. The second kappa shape index (κ2) is 6.97. The molecule has 5 N–H and O–H groups in total. The number of halogens is 1. The Hall–Kier alpha value is -1.81. The number of carbonyl (C=O) groups excluding carboxylic acids is 1. The van der Waals surface area contributed by atoms with E-state index < -0.39 is 18.3 Å². The highest BCUT2D eigenvalue weighted by molar-refractivity contribution is 5.96. The molecule has 1 aromatic heterocycles. The number of rotatable bonds is 3. The molecule has 148 valence electrons. The molecule has 1 aromatic rings. The van der Waals surface area contributed by atoms with Crippen molar-refractivity contribution in [3.05, 3.63) is 18.5 Å². The molecule has 4 unspecified atom stereocenters. The zero-order valence-corrected chi connectivity index (χ0v) is 15.8. The van der Waals surface area contributed by atoms with E-state index >= 15 is 0 Å². The number of amides is 1. The fourth-order valence-corrected chi connectivity index (χ4v) is 4.47. The van der Waals surface area contributed by atoms with Crippen molar-refractivity contribution in [3.8, 4) is 0 Å². The first-order valence-corrected chi connectivity index (χ1v) is 9.55. The van der Waals surface area contributed by atoms with Gasteiger partial charge in [0.15, 0.2) is 0 Å². The molecule has 0 saturated carbocycles. The molecule has 3 aliphatic rings. The Balaban J connectivity index is 1.54. The van der Waals surface area contributed by atoms with Crippen LogP contribution in [0.4, 0.5) is 15.8 Å². The maximum Gasteiger partial charge on any atom is 0.233 e. The molecule has 4 atom stereocenters. The molecular formula is C18H28FN7O. The molecule has 4 heterocycles. The lowest BCUT2D eigenvalue weighted by atomic mass is 10.0. The summed E-state index contributed by atoms with van der Waals surface area (Å²) in [6, 6.07) is 1.94. The summed E-state index contributed by atoms with van der Waals surface area (Å²) in [6.07, 6.45) is 3.76. The third-order valence-corrected chi connectivity index (χ3v) is 5.87. The molecule has 1 amide bonds. The quantitative estimate of drug-likeness (QED) is 0.605. The number of aromatic nitrogens is 1. The molecule has 0 bridgehead atoms. The number of hydrogen-bond donors (Lipinski definition) is 4. The van der Waals surface area contributed by atoms with Crippen LogP contribution in [0.2, 0.25) is 0 Å². The van der Waals surface area contributed by atoms with Crippen LogP contribution in [0.1, 0.15) is 26.7 Å². The van der Waals surface area contributed by atoms with Gasteiger partial charge in [-0.3, -0.25) is 15.1 Å². The highest BCUT2D eigenvalue weighted by atomic mass is 19.1. The van der Waals surface area contributed by atoms with Crippen molar-refractivity contribution in [2.45, 2.75) is 50.7 Å². The third kappa shape index (κ3) is 3.40. The predicted molar refractivity (Wildman–Crippen MR) is 102 cm³/mol. The van der Waals surface area contributed by atoms with Crippen LogP contribution in [0.15, 0.2) is 18.5 Å². The average Bonchev–Trinajstić information content (AvgIpc) is 3.12. The smallest absolute Gasteiger partial charge is 0.233 e. The molecule has 0 aromatic carbocycles. The number of alkyl halides is 1. The Morgan fingerprint density at radius 1 is 1.48 bits per heavy atom. The minimum Gasteiger partial charge on any atom is -0.365 e. The first-order valence-electron chi connectivity index (χ1n) is 9.55. The van der Waals surface area contributed by atoms with Crippen molar-refractivity contribution in [2.75, 3.05) is 29.9 Å². The maximum atomic E-state index is 13.6. The van der Waals surface area contributed by atoms with E-state index in [1.165, 1.54) is 0 Å². The van der Waals surface area contributed by atoms with Gasteiger partial charge in [0.1, 0.15) is 6.17 Å². The summed E-state index contributed by atoms with van der Waals surface area (Å²) in [6.45, 7) is 5.80. The highest BCUT2D eigenvalue weighted by Crippen LogP contribution is 2.37. The predicted octanol–water partition coefficient (Wildman–Crippen LogP) is 0.388. The summed E-state index contributed by atoms with van der Waals surface area (Å²) in [4.78, 5) is 19.6. The SMILES string of the molecule is CC1(C)CCCN1c1ccncc1NC(=O)C1C(N)NN2CC(F)CNC12. The van der Waals surface area contributed by atoms with Crippen molar-refractivity contribution in [1.82, 2.24) is 20.7 Å². The van der Waals surface area contributed by atoms with Crippen molar-refractivity contribution < 1.29 is 9.18 Å². The lowest BCUT2D eigenvalue weighted by molar-refractivity contribution is -0.121. The van der Waals surface area contributed by atoms with Gasteiger partial charge in [-0.25, -0.2) is 14.8 Å². The lowest BCUT2D eigenvalue weighted by Gasteiger charge is -2.35. The maximum absolute atomic E-state index is 13.6. The van der Waals surface area contributed by atoms with Crippen LogP contribution in [-0.4, -0.2) is 59.6 Å². The lowest BCUT2D eigenvalue weighted by Crippen LogP contribution is -2.58. The highest BCUT2D eigenvalue weighted by Gasteiger charge is 2.47. The largest absolute Gasteiger partial charge is 0.365 e. The molecule has 3 aliphatic heterocycles. The van der Waals surface area contributed by atoms with Crippen molar-refractivity contribution in [3.63, 3.8) is 0 Å². The third-order valence-electron chi connectivity index (χ3n) is 5.87. The number of fused-ring (bicyclic) bond motifs is 1. The van der Waals surface area contributed by atoms with Gasteiger partial charge in [0.05, 0.1) is 35.8 Å². The normalized spacial score (nSPS) is 33.1. The van der Waals surface area contributed by atoms with E-state index in [0.717, 1.165) is 25.1 Å². The Bertz CT molecular complexity index is 715. The molecule has 0 aliphatic carbocycles. The molecule has 4 rings (SSSR count). The number of hydrazine groups is 1. The molecular weight excluding hydrogens is 349 g/mol. The summed E-state index contributed by atoms with van der Waals surface area (Å²) < 4.78 is 13.6. The van der Waals surface area contributed by atoms with Crippen molar-refractivity contribution in [1.29, 1.82) is 0 Å². The van der Waals surface area contributed by atoms with Gasteiger partial charge in [-0.15, -0.1) is 0 Å². The van der Waals surface area contributed by atoms with Crippen molar-refractivity contribution >= 4 is 17.3 Å². The fraction of sp³-hybridized carbons (Fsp3) is 0.667. The Kier molecular flexibility index (Phi) is 4.79. The van der Waals surface area contributed by atoms with Crippen molar-refractivity contribution in [2.24, 2.45) is 11.7 Å². The fourth-order valence-electron chi connectivity index (χ4n) is 4.47. The Morgan fingerprint density at radius 2 is 2.30 bits per heavy atom. The second-order valence-electron chi connectivity index (χ2n) is 8.23. The minimum absolute atomic E-state index is 0.0318. The topological polar surface area (TPSA) is 98.5 Å². The van der Waals surface area contributed by atoms with Gasteiger partial charge in [-0.1, -0.05) is 0 Å². The van der Waals surface area contributed by atoms with Gasteiger partial charge in [0, 0.05) is 31.4 Å². The van der Waals surface area contributed by atoms with Gasteiger partial charge >= 0.3 is 0 Å². The van der Waals surface area contributed by atoms with E-state index in [-0.39, 0.29) is 30.7 Å². The summed E-state index contributed by atoms with van der Waals surface area (Å²) in [5.41, 5.74) is 10.8. The van der Waals surface area contributed by atoms with Crippen LogP contribution < -0.4 is 26.7 Å². The number of hydrogen-bond acceptors (Lipinski definition) is 7. The number of anilines is 2. The zero-order chi connectivity index (χ0) is 19.2. The monoisotopic (exact) mass is 377 g/mol. The van der Waals surface area contributed by atoms with Crippen LogP contribution in [0, 0.1) is 5.92 Å². The molecule has 3 saturated heterocycles. The minimum atomic E-state index is -0.981. The van der Waals surface area contributed by atoms with Gasteiger partial charge in [-0.2, -0.15) is 0 Å². The summed E-state index contributed by atoms with van der Waals surface area (Å²) in [7, 11) is 0. The molecule has 27 heavy (non-hydrogen) atoms.